The number of benzene rings is 1. The summed E-state index contributed by atoms with van der Waals surface area (Å²) in [7, 11) is 2.29. The quantitative estimate of drug-likeness (QED) is 0.745. The summed E-state index contributed by atoms with van der Waals surface area (Å²) in [6.45, 7) is 5.16. The van der Waals surface area contributed by atoms with E-state index in [1.807, 2.05) is 0 Å². The van der Waals surface area contributed by atoms with E-state index in [-0.39, 0.29) is 0 Å². The molecule has 0 heterocycles. The van der Waals surface area contributed by atoms with Crippen molar-refractivity contribution in [1.29, 1.82) is 0 Å². The first-order valence-electron chi connectivity index (χ1n) is 8.39. The second-order valence-electron chi connectivity index (χ2n) is 6.27. The summed E-state index contributed by atoms with van der Waals surface area (Å²) in [6, 6.07) is 7.56. The van der Waals surface area contributed by atoms with Crippen molar-refractivity contribution in [1.82, 2.24) is 10.2 Å². The molecule has 118 valence electrons. The molecule has 1 N–H and O–H groups in total. The van der Waals surface area contributed by atoms with Crippen molar-refractivity contribution in [2.45, 2.75) is 64.6 Å². The molecule has 0 amide bonds. The third kappa shape index (κ3) is 5.39. The Morgan fingerprint density at radius 1 is 1.19 bits per heavy atom. The maximum atomic E-state index is 3.75. The predicted molar refractivity (Wildman–Crippen MR) is 94.5 cm³/mol. The number of rotatable bonds is 6. The van der Waals surface area contributed by atoms with E-state index < -0.39 is 0 Å². The first-order valence-corrected chi connectivity index (χ1v) is 9.18. The maximum Gasteiger partial charge on any atom is 0.0244 e. The van der Waals surface area contributed by atoms with Crippen LogP contribution in [0.15, 0.2) is 22.7 Å². The molecule has 1 aromatic carbocycles. The van der Waals surface area contributed by atoms with Gasteiger partial charge < -0.3 is 5.32 Å². The van der Waals surface area contributed by atoms with Gasteiger partial charge in [0.1, 0.15) is 0 Å². The minimum atomic E-state index is 0.765. The van der Waals surface area contributed by atoms with E-state index >= 15 is 0 Å². The lowest BCUT2D eigenvalue weighted by molar-refractivity contribution is 0.212. The molecule has 1 fully saturated rings. The average molecular weight is 353 g/mol. The molecule has 0 unspecified atom stereocenters. The summed E-state index contributed by atoms with van der Waals surface area (Å²) in [5, 5.41) is 3.38. The minimum absolute atomic E-state index is 0.765. The van der Waals surface area contributed by atoms with E-state index in [1.54, 1.807) is 0 Å². The molecule has 0 spiro atoms. The largest absolute Gasteiger partial charge is 0.313 e. The molecule has 0 saturated heterocycles. The summed E-state index contributed by atoms with van der Waals surface area (Å²) < 4.78 is 1.25. The lowest BCUT2D eigenvalue weighted by atomic mass is 10.1. The SMILES string of the molecule is CCNCc1ccc(CN(C)C2CCCCCC2)c(Br)c1. The zero-order chi connectivity index (χ0) is 15.1. The van der Waals surface area contributed by atoms with Crippen molar-refractivity contribution in [3.05, 3.63) is 33.8 Å². The zero-order valence-corrected chi connectivity index (χ0v) is 15.1. The molecule has 0 atom stereocenters. The van der Waals surface area contributed by atoms with Crippen LogP contribution >= 0.6 is 15.9 Å². The molecule has 0 radical (unpaired) electrons. The van der Waals surface area contributed by atoms with Crippen molar-refractivity contribution < 1.29 is 0 Å². The molecule has 2 nitrogen and oxygen atoms in total. The van der Waals surface area contributed by atoms with Crippen LogP contribution < -0.4 is 5.32 Å². The van der Waals surface area contributed by atoms with Crippen LogP contribution in [0.25, 0.3) is 0 Å². The second kappa shape index (κ2) is 8.92. The van der Waals surface area contributed by atoms with Crippen LogP contribution in [0.2, 0.25) is 0 Å². The number of halogens is 1. The van der Waals surface area contributed by atoms with Gasteiger partial charge in [-0.05, 0) is 43.6 Å². The highest BCUT2D eigenvalue weighted by atomic mass is 79.9. The highest BCUT2D eigenvalue weighted by Gasteiger charge is 2.17. The van der Waals surface area contributed by atoms with Crippen molar-refractivity contribution >= 4 is 15.9 Å². The van der Waals surface area contributed by atoms with Gasteiger partial charge in [0.25, 0.3) is 0 Å². The van der Waals surface area contributed by atoms with Crippen molar-refractivity contribution in [2.24, 2.45) is 0 Å². The van der Waals surface area contributed by atoms with Gasteiger partial charge in [0.2, 0.25) is 0 Å². The Morgan fingerprint density at radius 3 is 2.52 bits per heavy atom. The lowest BCUT2D eigenvalue weighted by Gasteiger charge is -2.27. The van der Waals surface area contributed by atoms with Gasteiger partial charge in [0, 0.05) is 23.6 Å². The summed E-state index contributed by atoms with van der Waals surface area (Å²) in [4.78, 5) is 2.55. The van der Waals surface area contributed by atoms with E-state index in [1.165, 1.54) is 54.1 Å². The van der Waals surface area contributed by atoms with Gasteiger partial charge >= 0.3 is 0 Å². The molecule has 0 bridgehead atoms. The Kier molecular flexibility index (Phi) is 7.21. The van der Waals surface area contributed by atoms with Crippen molar-refractivity contribution in [3.8, 4) is 0 Å². The lowest BCUT2D eigenvalue weighted by Crippen LogP contribution is -2.30. The van der Waals surface area contributed by atoms with E-state index in [0.29, 0.717) is 0 Å². The molecule has 0 aliphatic heterocycles. The van der Waals surface area contributed by atoms with Crippen molar-refractivity contribution in [2.75, 3.05) is 13.6 Å². The predicted octanol–water partition coefficient (Wildman–Crippen LogP) is 4.71. The van der Waals surface area contributed by atoms with E-state index in [9.17, 15) is 0 Å². The third-order valence-electron chi connectivity index (χ3n) is 4.56. The Hall–Kier alpha value is -0.380. The number of nitrogens with zero attached hydrogens (tertiary/aromatic N) is 1. The standard InChI is InChI=1S/C18H29BrN2/c1-3-20-13-15-10-11-16(18(19)12-15)14-21(2)17-8-6-4-5-7-9-17/h10-12,17,20H,3-9,13-14H2,1-2H3. The molecule has 1 aliphatic carbocycles. The fraction of sp³-hybridized carbons (Fsp3) is 0.667. The average Bonchev–Trinajstić information content (AvgIpc) is 2.76. The van der Waals surface area contributed by atoms with Crippen LogP contribution in [0.5, 0.6) is 0 Å². The Labute approximate surface area is 138 Å². The van der Waals surface area contributed by atoms with Gasteiger partial charge in [-0.25, -0.2) is 0 Å². The first kappa shape index (κ1) is 17.0. The fourth-order valence-electron chi connectivity index (χ4n) is 3.19. The number of nitrogens with one attached hydrogen (secondary N) is 1. The zero-order valence-electron chi connectivity index (χ0n) is 13.5. The highest BCUT2D eigenvalue weighted by Crippen LogP contribution is 2.25. The Morgan fingerprint density at radius 2 is 1.90 bits per heavy atom. The van der Waals surface area contributed by atoms with E-state index in [4.69, 9.17) is 0 Å². The maximum absolute atomic E-state index is 3.75. The van der Waals surface area contributed by atoms with Gasteiger partial charge in [0.05, 0.1) is 0 Å². The topological polar surface area (TPSA) is 15.3 Å². The fourth-order valence-corrected chi connectivity index (χ4v) is 3.75. The molecular weight excluding hydrogens is 324 g/mol. The summed E-state index contributed by atoms with van der Waals surface area (Å²) in [6.07, 6.45) is 8.38. The van der Waals surface area contributed by atoms with Crippen LogP contribution in [-0.2, 0) is 13.1 Å². The number of hydrogen-bond donors (Lipinski definition) is 1. The van der Waals surface area contributed by atoms with Gasteiger partial charge in [-0.3, -0.25) is 4.90 Å². The molecule has 1 aliphatic rings. The van der Waals surface area contributed by atoms with Crippen molar-refractivity contribution in [3.63, 3.8) is 0 Å². The second-order valence-corrected chi connectivity index (χ2v) is 7.12. The monoisotopic (exact) mass is 352 g/mol. The molecular formula is C18H29BrN2. The van der Waals surface area contributed by atoms with Crippen LogP contribution in [0.3, 0.4) is 0 Å². The summed E-state index contributed by atoms with van der Waals surface area (Å²) in [5.74, 6) is 0. The molecule has 1 saturated carbocycles. The van der Waals surface area contributed by atoms with E-state index in [2.05, 4.69) is 58.3 Å². The Balaban J connectivity index is 1.94. The Bertz CT molecular complexity index is 425. The third-order valence-corrected chi connectivity index (χ3v) is 5.30. The summed E-state index contributed by atoms with van der Waals surface area (Å²) >= 11 is 3.75. The van der Waals surface area contributed by atoms with Gasteiger partial charge in [-0.1, -0.05) is 60.7 Å². The van der Waals surface area contributed by atoms with Gasteiger partial charge in [-0.2, -0.15) is 0 Å². The molecule has 1 aromatic rings. The molecule has 3 heteroatoms. The van der Waals surface area contributed by atoms with Crippen LogP contribution in [0.1, 0.15) is 56.6 Å². The van der Waals surface area contributed by atoms with Crippen LogP contribution in [0.4, 0.5) is 0 Å². The van der Waals surface area contributed by atoms with Crippen LogP contribution in [0, 0.1) is 0 Å². The molecule has 0 aromatic heterocycles. The molecule has 21 heavy (non-hydrogen) atoms. The smallest absolute Gasteiger partial charge is 0.0244 e. The van der Waals surface area contributed by atoms with E-state index in [0.717, 1.165) is 25.7 Å². The minimum Gasteiger partial charge on any atom is -0.313 e. The van der Waals surface area contributed by atoms with Crippen LogP contribution in [-0.4, -0.2) is 24.5 Å². The summed E-state index contributed by atoms with van der Waals surface area (Å²) in [5.41, 5.74) is 2.76. The number of hydrogen-bond acceptors (Lipinski definition) is 2. The molecule has 2 rings (SSSR count). The van der Waals surface area contributed by atoms with Gasteiger partial charge in [0.15, 0.2) is 0 Å². The van der Waals surface area contributed by atoms with Gasteiger partial charge in [-0.15, -0.1) is 0 Å². The first-order chi connectivity index (χ1) is 10.2. The normalized spacial score (nSPS) is 17.1. The highest BCUT2D eigenvalue weighted by molar-refractivity contribution is 9.10.